The SMILES string of the molecule is C=CCN1CCNC2(CCCC2)C1. The van der Waals surface area contributed by atoms with Gasteiger partial charge in [0, 0.05) is 31.7 Å². The van der Waals surface area contributed by atoms with Crippen molar-refractivity contribution in [1.82, 2.24) is 10.2 Å². The van der Waals surface area contributed by atoms with Crippen LogP contribution >= 0.6 is 0 Å². The molecule has 0 radical (unpaired) electrons. The Labute approximate surface area is 81.0 Å². The highest BCUT2D eigenvalue weighted by atomic mass is 15.2. The minimum atomic E-state index is 0.473. The van der Waals surface area contributed by atoms with Gasteiger partial charge in [0.2, 0.25) is 0 Å². The van der Waals surface area contributed by atoms with Crippen LogP contribution in [0, 0.1) is 0 Å². The van der Waals surface area contributed by atoms with Crippen LogP contribution in [0.5, 0.6) is 0 Å². The van der Waals surface area contributed by atoms with Crippen molar-refractivity contribution in [2.75, 3.05) is 26.2 Å². The van der Waals surface area contributed by atoms with Gasteiger partial charge in [0.25, 0.3) is 0 Å². The fraction of sp³-hybridized carbons (Fsp3) is 0.818. The Bertz CT molecular complexity index is 183. The summed E-state index contributed by atoms with van der Waals surface area (Å²) < 4.78 is 0. The first-order chi connectivity index (χ1) is 6.35. The van der Waals surface area contributed by atoms with Crippen LogP contribution in [0.1, 0.15) is 25.7 Å². The topological polar surface area (TPSA) is 15.3 Å². The first-order valence-electron chi connectivity index (χ1n) is 5.43. The van der Waals surface area contributed by atoms with E-state index in [2.05, 4.69) is 16.8 Å². The van der Waals surface area contributed by atoms with E-state index in [1.807, 2.05) is 6.08 Å². The molecule has 1 N–H and O–H groups in total. The molecule has 0 atom stereocenters. The third-order valence-electron chi connectivity index (χ3n) is 3.40. The Kier molecular flexibility index (Phi) is 2.70. The van der Waals surface area contributed by atoms with Crippen molar-refractivity contribution in [3.05, 3.63) is 12.7 Å². The van der Waals surface area contributed by atoms with Crippen molar-refractivity contribution < 1.29 is 0 Å². The monoisotopic (exact) mass is 180 g/mol. The molecule has 1 aliphatic carbocycles. The lowest BCUT2D eigenvalue weighted by Gasteiger charge is -2.41. The van der Waals surface area contributed by atoms with Crippen LogP contribution < -0.4 is 5.32 Å². The lowest BCUT2D eigenvalue weighted by molar-refractivity contribution is 0.147. The lowest BCUT2D eigenvalue weighted by atomic mass is 9.94. The van der Waals surface area contributed by atoms with Crippen LogP contribution in [0.2, 0.25) is 0 Å². The van der Waals surface area contributed by atoms with Crippen LogP contribution in [-0.2, 0) is 0 Å². The molecule has 0 amide bonds. The average Bonchev–Trinajstić information content (AvgIpc) is 2.54. The highest BCUT2D eigenvalue weighted by Crippen LogP contribution is 2.31. The third-order valence-corrected chi connectivity index (χ3v) is 3.40. The highest BCUT2D eigenvalue weighted by Gasteiger charge is 2.36. The Morgan fingerprint density at radius 3 is 2.85 bits per heavy atom. The molecule has 1 saturated carbocycles. The molecule has 2 nitrogen and oxygen atoms in total. The van der Waals surface area contributed by atoms with Crippen molar-refractivity contribution in [2.24, 2.45) is 0 Å². The second-order valence-corrected chi connectivity index (χ2v) is 4.44. The Balaban J connectivity index is 1.94. The van der Waals surface area contributed by atoms with E-state index in [1.54, 1.807) is 0 Å². The molecule has 1 aliphatic heterocycles. The fourth-order valence-corrected chi connectivity index (χ4v) is 2.77. The van der Waals surface area contributed by atoms with Crippen molar-refractivity contribution in [3.63, 3.8) is 0 Å². The molecule has 2 rings (SSSR count). The fourth-order valence-electron chi connectivity index (χ4n) is 2.77. The van der Waals surface area contributed by atoms with Gasteiger partial charge in [-0.3, -0.25) is 4.90 Å². The zero-order valence-electron chi connectivity index (χ0n) is 8.39. The van der Waals surface area contributed by atoms with Crippen LogP contribution in [0.3, 0.4) is 0 Å². The standard InChI is InChI=1S/C11H20N2/c1-2-8-13-9-7-12-11(10-13)5-3-4-6-11/h2,12H,1,3-10H2. The molecule has 2 aliphatic rings. The minimum absolute atomic E-state index is 0.473. The van der Waals surface area contributed by atoms with E-state index in [9.17, 15) is 0 Å². The van der Waals surface area contributed by atoms with Crippen LogP contribution in [0.15, 0.2) is 12.7 Å². The summed E-state index contributed by atoms with van der Waals surface area (Å²) in [5.74, 6) is 0. The van der Waals surface area contributed by atoms with Crippen LogP contribution in [-0.4, -0.2) is 36.6 Å². The first-order valence-corrected chi connectivity index (χ1v) is 5.43. The summed E-state index contributed by atoms with van der Waals surface area (Å²) in [6, 6.07) is 0. The molecule has 0 bridgehead atoms. The van der Waals surface area contributed by atoms with E-state index in [0.29, 0.717) is 5.54 Å². The summed E-state index contributed by atoms with van der Waals surface area (Å²) in [5.41, 5.74) is 0.473. The number of hydrogen-bond acceptors (Lipinski definition) is 2. The minimum Gasteiger partial charge on any atom is -0.309 e. The predicted octanol–water partition coefficient (Wildman–Crippen LogP) is 1.39. The highest BCUT2D eigenvalue weighted by molar-refractivity contribution is 4.98. The molecule has 0 aromatic rings. The summed E-state index contributed by atoms with van der Waals surface area (Å²) in [4.78, 5) is 2.52. The smallest absolute Gasteiger partial charge is 0.0309 e. The summed E-state index contributed by atoms with van der Waals surface area (Å²) in [7, 11) is 0. The maximum Gasteiger partial charge on any atom is 0.0309 e. The average molecular weight is 180 g/mol. The van der Waals surface area contributed by atoms with Gasteiger partial charge in [-0.15, -0.1) is 6.58 Å². The molecular formula is C11H20N2. The molecule has 2 fully saturated rings. The number of rotatable bonds is 2. The van der Waals surface area contributed by atoms with Gasteiger partial charge in [-0.05, 0) is 12.8 Å². The van der Waals surface area contributed by atoms with Gasteiger partial charge >= 0.3 is 0 Å². The Hall–Kier alpha value is -0.340. The van der Waals surface area contributed by atoms with Gasteiger partial charge in [0.15, 0.2) is 0 Å². The van der Waals surface area contributed by atoms with Crippen LogP contribution in [0.4, 0.5) is 0 Å². The van der Waals surface area contributed by atoms with Gasteiger partial charge in [0.05, 0.1) is 0 Å². The molecule has 0 unspecified atom stereocenters. The van der Waals surface area contributed by atoms with E-state index in [0.717, 1.165) is 13.1 Å². The maximum atomic E-state index is 3.81. The largest absolute Gasteiger partial charge is 0.309 e. The molecule has 2 heteroatoms. The Morgan fingerprint density at radius 1 is 1.38 bits per heavy atom. The normalized spacial score (nSPS) is 28.0. The summed E-state index contributed by atoms with van der Waals surface area (Å²) in [6.07, 6.45) is 7.60. The van der Waals surface area contributed by atoms with Crippen molar-refractivity contribution in [3.8, 4) is 0 Å². The predicted molar refractivity (Wildman–Crippen MR) is 55.8 cm³/mol. The molecule has 13 heavy (non-hydrogen) atoms. The van der Waals surface area contributed by atoms with E-state index >= 15 is 0 Å². The zero-order chi connectivity index (χ0) is 9.15. The zero-order valence-corrected chi connectivity index (χ0v) is 8.39. The molecule has 1 saturated heterocycles. The number of piperazine rings is 1. The van der Waals surface area contributed by atoms with Gasteiger partial charge in [0.1, 0.15) is 0 Å². The number of hydrogen-bond donors (Lipinski definition) is 1. The quantitative estimate of drug-likeness (QED) is 0.646. The van der Waals surface area contributed by atoms with Crippen molar-refractivity contribution >= 4 is 0 Å². The third kappa shape index (κ3) is 1.94. The van der Waals surface area contributed by atoms with E-state index in [-0.39, 0.29) is 0 Å². The lowest BCUT2D eigenvalue weighted by Crippen LogP contribution is -2.58. The second-order valence-electron chi connectivity index (χ2n) is 4.44. The Morgan fingerprint density at radius 2 is 2.15 bits per heavy atom. The molecule has 1 heterocycles. The summed E-state index contributed by atoms with van der Waals surface area (Å²) in [5, 5.41) is 3.71. The van der Waals surface area contributed by atoms with Crippen LogP contribution in [0.25, 0.3) is 0 Å². The van der Waals surface area contributed by atoms with Gasteiger partial charge in [-0.1, -0.05) is 18.9 Å². The number of nitrogens with zero attached hydrogens (tertiary/aromatic N) is 1. The molecular weight excluding hydrogens is 160 g/mol. The number of nitrogens with one attached hydrogen (secondary N) is 1. The van der Waals surface area contributed by atoms with Gasteiger partial charge in [-0.25, -0.2) is 0 Å². The van der Waals surface area contributed by atoms with Gasteiger partial charge in [-0.2, -0.15) is 0 Å². The maximum absolute atomic E-state index is 3.81. The van der Waals surface area contributed by atoms with Crippen molar-refractivity contribution in [1.29, 1.82) is 0 Å². The summed E-state index contributed by atoms with van der Waals surface area (Å²) in [6.45, 7) is 8.45. The second kappa shape index (κ2) is 3.81. The molecule has 1 spiro atoms. The molecule has 0 aromatic carbocycles. The van der Waals surface area contributed by atoms with E-state index < -0.39 is 0 Å². The van der Waals surface area contributed by atoms with E-state index in [4.69, 9.17) is 0 Å². The summed E-state index contributed by atoms with van der Waals surface area (Å²) >= 11 is 0. The molecule has 74 valence electrons. The molecule has 0 aromatic heterocycles. The van der Waals surface area contributed by atoms with Gasteiger partial charge < -0.3 is 5.32 Å². The van der Waals surface area contributed by atoms with E-state index in [1.165, 1.54) is 38.8 Å². The van der Waals surface area contributed by atoms with Crippen molar-refractivity contribution in [2.45, 2.75) is 31.2 Å². The first kappa shape index (κ1) is 9.22.